The first-order valence-corrected chi connectivity index (χ1v) is 7.14. The summed E-state index contributed by atoms with van der Waals surface area (Å²) in [6.45, 7) is 7.79. The van der Waals surface area contributed by atoms with E-state index in [-0.39, 0.29) is 6.10 Å². The third-order valence-electron chi connectivity index (χ3n) is 3.27. The summed E-state index contributed by atoms with van der Waals surface area (Å²) < 4.78 is 5.80. The van der Waals surface area contributed by atoms with E-state index in [0.29, 0.717) is 0 Å². The van der Waals surface area contributed by atoms with E-state index >= 15 is 0 Å². The third-order valence-corrected chi connectivity index (χ3v) is 3.27. The third kappa shape index (κ3) is 3.88. The minimum absolute atomic E-state index is 0.00701. The van der Waals surface area contributed by atoms with E-state index < -0.39 is 0 Å². The molecular weight excluding hydrogens is 240 g/mol. The molecule has 1 aromatic rings. The maximum atomic E-state index is 5.80. The molecule has 1 aromatic heterocycles. The van der Waals surface area contributed by atoms with Crippen LogP contribution in [-0.2, 0) is 11.2 Å². The molecule has 1 fully saturated rings. The molecule has 5 heteroatoms. The van der Waals surface area contributed by atoms with Gasteiger partial charge in [-0.2, -0.15) is 0 Å². The zero-order chi connectivity index (χ0) is 13.7. The van der Waals surface area contributed by atoms with Gasteiger partial charge in [-0.1, -0.05) is 13.8 Å². The Balaban J connectivity index is 2.17. The minimum atomic E-state index is -0.00701. The molecule has 2 heterocycles. The minimum Gasteiger partial charge on any atom is -0.370 e. The molecule has 0 saturated carbocycles. The largest absolute Gasteiger partial charge is 0.370 e. The first-order chi connectivity index (χ1) is 9.22. The molecule has 106 valence electrons. The van der Waals surface area contributed by atoms with Gasteiger partial charge in [0, 0.05) is 31.4 Å². The van der Waals surface area contributed by atoms with E-state index in [1.807, 2.05) is 6.07 Å². The van der Waals surface area contributed by atoms with Crippen molar-refractivity contribution in [1.82, 2.24) is 14.9 Å². The molecule has 2 rings (SSSR count). The maximum Gasteiger partial charge on any atom is 0.161 e. The van der Waals surface area contributed by atoms with Gasteiger partial charge in [0.2, 0.25) is 0 Å². The van der Waals surface area contributed by atoms with Crippen LogP contribution in [0.5, 0.6) is 0 Å². The Morgan fingerprint density at radius 2 is 2.26 bits per heavy atom. The van der Waals surface area contributed by atoms with Gasteiger partial charge < -0.3 is 15.0 Å². The molecule has 19 heavy (non-hydrogen) atoms. The molecule has 1 atom stereocenters. The number of nitrogens with zero attached hydrogens (tertiary/aromatic N) is 3. The van der Waals surface area contributed by atoms with Crippen molar-refractivity contribution in [2.24, 2.45) is 0 Å². The first kappa shape index (κ1) is 14.2. The fraction of sp³-hybridized carbons (Fsp3) is 0.714. The Hall–Kier alpha value is -1.20. The van der Waals surface area contributed by atoms with Gasteiger partial charge in [-0.15, -0.1) is 0 Å². The van der Waals surface area contributed by atoms with Crippen LogP contribution in [0.25, 0.3) is 0 Å². The average molecular weight is 264 g/mol. The van der Waals surface area contributed by atoms with Crippen LogP contribution in [-0.4, -0.2) is 48.2 Å². The van der Waals surface area contributed by atoms with E-state index in [2.05, 4.69) is 41.1 Å². The summed E-state index contributed by atoms with van der Waals surface area (Å²) in [5, 5.41) is 3.34. The lowest BCUT2D eigenvalue weighted by Gasteiger charge is -2.29. The molecule has 1 unspecified atom stereocenters. The molecule has 5 nitrogen and oxygen atoms in total. The molecule has 1 saturated heterocycles. The first-order valence-electron chi connectivity index (χ1n) is 7.14. The number of hydrogen-bond donors (Lipinski definition) is 1. The van der Waals surface area contributed by atoms with Gasteiger partial charge in [-0.05, 0) is 19.9 Å². The predicted octanol–water partition coefficient (Wildman–Crippen LogP) is 1.86. The summed E-state index contributed by atoms with van der Waals surface area (Å²) in [5.41, 5.74) is 1.07. The van der Waals surface area contributed by atoms with Crippen molar-refractivity contribution in [3.8, 4) is 0 Å². The summed E-state index contributed by atoms with van der Waals surface area (Å²) in [6, 6.07) is 2.03. The summed E-state index contributed by atoms with van der Waals surface area (Å²) in [4.78, 5) is 11.5. The van der Waals surface area contributed by atoms with Crippen LogP contribution in [0.4, 0.5) is 5.82 Å². The van der Waals surface area contributed by atoms with Crippen LogP contribution in [0, 0.1) is 0 Å². The van der Waals surface area contributed by atoms with E-state index in [1.54, 1.807) is 0 Å². The smallest absolute Gasteiger partial charge is 0.161 e. The molecule has 0 aromatic carbocycles. The Bertz CT molecular complexity index is 410. The Morgan fingerprint density at radius 3 is 2.95 bits per heavy atom. The lowest BCUT2D eigenvalue weighted by molar-refractivity contribution is -0.0255. The van der Waals surface area contributed by atoms with Crippen LogP contribution in [0.1, 0.15) is 37.9 Å². The fourth-order valence-electron chi connectivity index (χ4n) is 2.12. The number of aryl methyl sites for hydroxylation is 1. The highest BCUT2D eigenvalue weighted by Crippen LogP contribution is 2.20. The van der Waals surface area contributed by atoms with Crippen LogP contribution < -0.4 is 5.32 Å². The number of nitrogens with one attached hydrogen (secondary N) is 1. The van der Waals surface area contributed by atoms with Gasteiger partial charge in [-0.25, -0.2) is 9.97 Å². The van der Waals surface area contributed by atoms with Crippen molar-refractivity contribution in [3.05, 3.63) is 17.6 Å². The number of hydrogen-bond acceptors (Lipinski definition) is 5. The van der Waals surface area contributed by atoms with Crippen molar-refractivity contribution in [2.75, 3.05) is 38.6 Å². The number of rotatable bonds is 5. The van der Waals surface area contributed by atoms with Gasteiger partial charge in [-0.3, -0.25) is 0 Å². The second-order valence-corrected chi connectivity index (χ2v) is 5.00. The Labute approximate surface area is 115 Å². The van der Waals surface area contributed by atoms with Gasteiger partial charge in [0.05, 0.1) is 6.61 Å². The molecule has 0 spiro atoms. The predicted molar refractivity (Wildman–Crippen MR) is 76.4 cm³/mol. The molecule has 1 N–H and O–H groups in total. The SMILES string of the molecule is CCCNc1cc(CC)nc(C2CN(C)CCO2)n1. The van der Waals surface area contributed by atoms with Crippen molar-refractivity contribution in [1.29, 1.82) is 0 Å². The fourth-order valence-corrected chi connectivity index (χ4v) is 2.12. The molecule has 1 aliphatic rings. The molecule has 0 aliphatic carbocycles. The van der Waals surface area contributed by atoms with Crippen LogP contribution in [0.3, 0.4) is 0 Å². The highest BCUT2D eigenvalue weighted by atomic mass is 16.5. The van der Waals surface area contributed by atoms with E-state index in [1.165, 1.54) is 0 Å². The van der Waals surface area contributed by atoms with Gasteiger partial charge in [0.15, 0.2) is 5.82 Å². The quantitative estimate of drug-likeness (QED) is 0.879. The molecular formula is C14H24N4O. The summed E-state index contributed by atoms with van der Waals surface area (Å²) >= 11 is 0. The van der Waals surface area contributed by atoms with Gasteiger partial charge in [0.25, 0.3) is 0 Å². The summed E-state index contributed by atoms with van der Waals surface area (Å²) in [5.74, 6) is 1.73. The number of aromatic nitrogens is 2. The number of ether oxygens (including phenoxy) is 1. The maximum absolute atomic E-state index is 5.80. The van der Waals surface area contributed by atoms with Crippen molar-refractivity contribution in [3.63, 3.8) is 0 Å². The van der Waals surface area contributed by atoms with E-state index in [4.69, 9.17) is 4.74 Å². The zero-order valence-electron chi connectivity index (χ0n) is 12.1. The summed E-state index contributed by atoms with van der Waals surface area (Å²) in [6.07, 6.45) is 2.00. The van der Waals surface area contributed by atoms with E-state index in [0.717, 1.165) is 56.4 Å². The highest BCUT2D eigenvalue weighted by molar-refractivity contribution is 5.36. The lowest BCUT2D eigenvalue weighted by atomic mass is 10.2. The average Bonchev–Trinajstić information content (AvgIpc) is 2.44. The molecule has 0 radical (unpaired) electrons. The molecule has 1 aliphatic heterocycles. The highest BCUT2D eigenvalue weighted by Gasteiger charge is 2.22. The topological polar surface area (TPSA) is 50.3 Å². The second kappa shape index (κ2) is 6.82. The van der Waals surface area contributed by atoms with Crippen molar-refractivity contribution >= 4 is 5.82 Å². The van der Waals surface area contributed by atoms with Crippen molar-refractivity contribution in [2.45, 2.75) is 32.8 Å². The monoisotopic (exact) mass is 264 g/mol. The number of morpholine rings is 1. The zero-order valence-corrected chi connectivity index (χ0v) is 12.1. The molecule has 0 amide bonds. The lowest BCUT2D eigenvalue weighted by Crippen LogP contribution is -2.36. The van der Waals surface area contributed by atoms with Crippen LogP contribution in [0.2, 0.25) is 0 Å². The Morgan fingerprint density at radius 1 is 1.42 bits per heavy atom. The molecule has 0 bridgehead atoms. The van der Waals surface area contributed by atoms with Gasteiger partial charge >= 0.3 is 0 Å². The van der Waals surface area contributed by atoms with E-state index in [9.17, 15) is 0 Å². The summed E-state index contributed by atoms with van der Waals surface area (Å²) in [7, 11) is 2.11. The normalized spacial score (nSPS) is 20.5. The second-order valence-electron chi connectivity index (χ2n) is 5.00. The Kier molecular flexibility index (Phi) is 5.10. The number of likely N-dealkylation sites (N-methyl/N-ethyl adjacent to an activating group) is 1. The standard InChI is InChI=1S/C14H24N4O/c1-4-6-15-13-9-11(5-2)16-14(17-13)12-10-18(3)7-8-19-12/h9,12H,4-8,10H2,1-3H3,(H,15,16,17). The van der Waals surface area contributed by atoms with Crippen LogP contribution in [0.15, 0.2) is 6.07 Å². The van der Waals surface area contributed by atoms with Crippen LogP contribution >= 0.6 is 0 Å². The number of anilines is 1. The van der Waals surface area contributed by atoms with Gasteiger partial charge in [0.1, 0.15) is 11.9 Å². The van der Waals surface area contributed by atoms with Crippen molar-refractivity contribution < 1.29 is 4.74 Å².